The van der Waals surface area contributed by atoms with E-state index in [1.165, 1.54) is 0 Å². The van der Waals surface area contributed by atoms with Crippen molar-refractivity contribution < 1.29 is 14.7 Å². The number of thioether (sulfide) groups is 1. The minimum absolute atomic E-state index is 0.00867. The minimum Gasteiger partial charge on any atom is -0.391 e. The number of unbranched alkanes of at least 4 members (excludes halogenated alkanes) is 1. The number of amidine groups is 1. The highest BCUT2D eigenvalue weighted by Crippen LogP contribution is 2.06. The van der Waals surface area contributed by atoms with Crippen LogP contribution >= 0.6 is 11.8 Å². The van der Waals surface area contributed by atoms with Crippen LogP contribution in [-0.2, 0) is 16.1 Å². The fourth-order valence-electron chi connectivity index (χ4n) is 2.80. The number of hydrogen-bond acceptors (Lipinski definition) is 6. The SMILES string of the molecule is CCCCN[C@@H](C(=O)N[C@@H](CCSC)C(=O)NCc1ccc(C(=N)N)cc1)C(C)O. The zero-order chi connectivity index (χ0) is 22.5. The molecule has 2 amide bonds. The van der Waals surface area contributed by atoms with E-state index < -0.39 is 18.2 Å². The molecule has 1 aromatic rings. The molecular weight excluding hydrogens is 402 g/mol. The van der Waals surface area contributed by atoms with Gasteiger partial charge in [0.15, 0.2) is 0 Å². The van der Waals surface area contributed by atoms with E-state index in [0.29, 0.717) is 30.8 Å². The van der Waals surface area contributed by atoms with Crippen LogP contribution < -0.4 is 21.7 Å². The number of aliphatic hydroxyl groups excluding tert-OH is 1. The molecule has 1 rings (SSSR count). The molecule has 0 saturated carbocycles. The third-order valence-electron chi connectivity index (χ3n) is 4.63. The van der Waals surface area contributed by atoms with Gasteiger partial charge < -0.3 is 26.8 Å². The molecule has 30 heavy (non-hydrogen) atoms. The highest BCUT2D eigenvalue weighted by Gasteiger charge is 2.27. The molecule has 168 valence electrons. The molecule has 1 unspecified atom stereocenters. The lowest BCUT2D eigenvalue weighted by Gasteiger charge is -2.24. The molecule has 3 atom stereocenters. The molecular formula is C21H35N5O3S. The minimum atomic E-state index is -0.870. The van der Waals surface area contributed by atoms with Crippen LogP contribution in [0.3, 0.4) is 0 Å². The second-order valence-corrected chi connectivity index (χ2v) is 8.18. The summed E-state index contributed by atoms with van der Waals surface area (Å²) in [5, 5.41) is 26.1. The van der Waals surface area contributed by atoms with E-state index in [9.17, 15) is 14.7 Å². The van der Waals surface area contributed by atoms with Gasteiger partial charge in [0.2, 0.25) is 11.8 Å². The standard InChI is InChI=1S/C21H35N5O3S/c1-4-5-11-24-18(14(2)27)21(29)26-17(10-12-30-3)20(28)25-13-15-6-8-16(9-7-15)19(22)23/h6-9,14,17-18,24,27H,4-5,10-13H2,1-3H3,(H3,22,23)(H,25,28)(H,26,29)/t14?,17-,18+/m0/s1. The first-order valence-corrected chi connectivity index (χ1v) is 11.6. The fourth-order valence-corrected chi connectivity index (χ4v) is 3.27. The van der Waals surface area contributed by atoms with Crippen LogP contribution in [-0.4, -0.2) is 59.5 Å². The predicted molar refractivity (Wildman–Crippen MR) is 123 cm³/mol. The first-order chi connectivity index (χ1) is 14.3. The molecule has 0 aliphatic heterocycles. The zero-order valence-electron chi connectivity index (χ0n) is 18.0. The molecule has 0 fully saturated rings. The molecule has 0 bridgehead atoms. The number of hydrogen-bond donors (Lipinski definition) is 6. The van der Waals surface area contributed by atoms with Crippen molar-refractivity contribution >= 4 is 29.4 Å². The zero-order valence-corrected chi connectivity index (χ0v) is 18.8. The van der Waals surface area contributed by atoms with Gasteiger partial charge in [-0.3, -0.25) is 15.0 Å². The van der Waals surface area contributed by atoms with Gasteiger partial charge in [0.1, 0.15) is 17.9 Å². The Balaban J connectivity index is 2.72. The Morgan fingerprint density at radius 2 is 1.90 bits per heavy atom. The molecule has 0 aliphatic carbocycles. The van der Waals surface area contributed by atoms with Crippen LogP contribution in [0.5, 0.6) is 0 Å². The predicted octanol–water partition coefficient (Wildman–Crippen LogP) is 0.964. The van der Waals surface area contributed by atoms with Gasteiger partial charge in [0.25, 0.3) is 0 Å². The molecule has 0 spiro atoms. The average Bonchev–Trinajstić information content (AvgIpc) is 2.72. The van der Waals surface area contributed by atoms with Crippen LogP contribution in [0.25, 0.3) is 0 Å². The van der Waals surface area contributed by atoms with Gasteiger partial charge in [-0.2, -0.15) is 11.8 Å². The topological polar surface area (TPSA) is 140 Å². The van der Waals surface area contributed by atoms with E-state index in [1.54, 1.807) is 43.0 Å². The number of rotatable bonds is 14. The number of nitrogen functional groups attached to an aromatic ring is 1. The molecule has 0 radical (unpaired) electrons. The fraction of sp³-hybridized carbons (Fsp3) is 0.571. The van der Waals surface area contributed by atoms with Crippen LogP contribution in [0.2, 0.25) is 0 Å². The molecule has 0 aromatic heterocycles. The molecule has 0 heterocycles. The van der Waals surface area contributed by atoms with Crippen molar-refractivity contribution in [2.24, 2.45) is 5.73 Å². The average molecular weight is 438 g/mol. The molecule has 1 aromatic carbocycles. The van der Waals surface area contributed by atoms with E-state index in [-0.39, 0.29) is 17.6 Å². The van der Waals surface area contributed by atoms with Crippen molar-refractivity contribution in [3.05, 3.63) is 35.4 Å². The lowest BCUT2D eigenvalue weighted by atomic mass is 10.1. The molecule has 0 saturated heterocycles. The molecule has 8 nitrogen and oxygen atoms in total. The highest BCUT2D eigenvalue weighted by molar-refractivity contribution is 7.98. The Morgan fingerprint density at radius 3 is 2.43 bits per heavy atom. The maximum absolute atomic E-state index is 12.7. The van der Waals surface area contributed by atoms with E-state index in [1.807, 2.05) is 6.26 Å². The van der Waals surface area contributed by atoms with E-state index in [0.717, 1.165) is 18.4 Å². The summed E-state index contributed by atoms with van der Waals surface area (Å²) in [4.78, 5) is 25.4. The quantitative estimate of drug-likeness (QED) is 0.146. The van der Waals surface area contributed by atoms with Gasteiger partial charge in [-0.15, -0.1) is 0 Å². The maximum atomic E-state index is 12.7. The third-order valence-corrected chi connectivity index (χ3v) is 5.28. The van der Waals surface area contributed by atoms with Crippen molar-refractivity contribution in [2.45, 2.75) is 57.8 Å². The summed E-state index contributed by atoms with van der Waals surface area (Å²) >= 11 is 1.60. The van der Waals surface area contributed by atoms with Crippen LogP contribution in [0, 0.1) is 5.41 Å². The van der Waals surface area contributed by atoms with Gasteiger partial charge in [-0.25, -0.2) is 0 Å². The summed E-state index contributed by atoms with van der Waals surface area (Å²) in [6.07, 6.45) is 3.44. The molecule has 9 heteroatoms. The van der Waals surface area contributed by atoms with Gasteiger partial charge in [0, 0.05) is 12.1 Å². The van der Waals surface area contributed by atoms with Crippen molar-refractivity contribution in [1.29, 1.82) is 5.41 Å². The normalized spacial score (nSPS) is 13.9. The number of carbonyl (C=O) groups excluding carboxylic acids is 2. The summed E-state index contributed by atoms with van der Waals surface area (Å²) < 4.78 is 0. The van der Waals surface area contributed by atoms with Crippen LogP contribution in [0.1, 0.15) is 44.2 Å². The Labute approximate surface area is 183 Å². The number of aliphatic hydroxyl groups is 1. The highest BCUT2D eigenvalue weighted by atomic mass is 32.2. The second-order valence-electron chi connectivity index (χ2n) is 7.20. The van der Waals surface area contributed by atoms with Crippen molar-refractivity contribution in [2.75, 3.05) is 18.6 Å². The summed E-state index contributed by atoms with van der Waals surface area (Å²) in [5.74, 6) is 0.0543. The lowest BCUT2D eigenvalue weighted by Crippen LogP contribution is -2.56. The summed E-state index contributed by atoms with van der Waals surface area (Å²) in [5.41, 5.74) is 6.94. The van der Waals surface area contributed by atoms with Gasteiger partial charge in [0.05, 0.1) is 6.10 Å². The first kappa shape index (κ1) is 25.9. The third kappa shape index (κ3) is 9.15. The monoisotopic (exact) mass is 437 g/mol. The first-order valence-electron chi connectivity index (χ1n) is 10.2. The Bertz CT molecular complexity index is 682. The van der Waals surface area contributed by atoms with Crippen LogP contribution in [0.15, 0.2) is 24.3 Å². The number of amides is 2. The maximum Gasteiger partial charge on any atom is 0.242 e. The number of carbonyl (C=O) groups is 2. The van der Waals surface area contributed by atoms with Gasteiger partial charge >= 0.3 is 0 Å². The van der Waals surface area contributed by atoms with E-state index in [4.69, 9.17) is 11.1 Å². The van der Waals surface area contributed by atoms with Crippen molar-refractivity contribution in [3.8, 4) is 0 Å². The Kier molecular flexibility index (Phi) is 12.1. The second kappa shape index (κ2) is 14.0. The largest absolute Gasteiger partial charge is 0.391 e. The summed E-state index contributed by atoms with van der Waals surface area (Å²) in [7, 11) is 0. The number of nitrogens with one attached hydrogen (secondary N) is 4. The van der Waals surface area contributed by atoms with Gasteiger partial charge in [-0.1, -0.05) is 37.6 Å². The van der Waals surface area contributed by atoms with E-state index in [2.05, 4.69) is 22.9 Å². The lowest BCUT2D eigenvalue weighted by molar-refractivity contribution is -0.131. The van der Waals surface area contributed by atoms with Crippen molar-refractivity contribution in [3.63, 3.8) is 0 Å². The van der Waals surface area contributed by atoms with Crippen LogP contribution in [0.4, 0.5) is 0 Å². The van der Waals surface area contributed by atoms with E-state index >= 15 is 0 Å². The summed E-state index contributed by atoms with van der Waals surface area (Å²) in [6.45, 7) is 4.54. The molecule has 7 N–H and O–H groups in total. The number of nitrogens with two attached hydrogens (primary N) is 1. The molecule has 0 aliphatic rings. The Hall–Kier alpha value is -2.10. The summed E-state index contributed by atoms with van der Waals surface area (Å²) in [6, 6.07) is 5.61. The smallest absolute Gasteiger partial charge is 0.242 e. The van der Waals surface area contributed by atoms with Gasteiger partial charge in [-0.05, 0) is 43.9 Å². The van der Waals surface area contributed by atoms with Crippen molar-refractivity contribution in [1.82, 2.24) is 16.0 Å². The Morgan fingerprint density at radius 1 is 1.23 bits per heavy atom. The number of benzene rings is 1.